The van der Waals surface area contributed by atoms with Crippen LogP contribution in [0.1, 0.15) is 10.9 Å². The van der Waals surface area contributed by atoms with Gasteiger partial charge in [-0.05, 0) is 12.1 Å². The highest BCUT2D eigenvalue weighted by Gasteiger charge is 2.40. The van der Waals surface area contributed by atoms with E-state index in [1.165, 1.54) is 11.3 Å². The lowest BCUT2D eigenvalue weighted by atomic mass is 10.2. The Labute approximate surface area is 105 Å². The molecule has 1 unspecified atom stereocenters. The molecule has 17 heavy (non-hydrogen) atoms. The highest BCUT2D eigenvalue weighted by Crippen LogP contribution is 2.30. The smallest absolute Gasteiger partial charge is 0.325 e. The summed E-state index contributed by atoms with van der Waals surface area (Å²) in [5.41, 5.74) is 0. The highest BCUT2D eigenvalue weighted by molar-refractivity contribution is 7.16. The maximum Gasteiger partial charge on any atom is 0.325 e. The fourth-order valence-corrected chi connectivity index (χ4v) is 2.59. The van der Waals surface area contributed by atoms with Gasteiger partial charge in [-0.25, -0.2) is 4.79 Å². The molecule has 90 valence electrons. The summed E-state index contributed by atoms with van der Waals surface area (Å²) in [4.78, 5) is 35.0. The molecule has 0 radical (unpaired) electrons. The molecule has 2 N–H and O–H groups in total. The summed E-state index contributed by atoms with van der Waals surface area (Å²) in [5, 5.41) is 11.0. The number of urea groups is 1. The molecule has 1 saturated heterocycles. The predicted octanol–water partition coefficient (Wildman–Crippen LogP) is 1.08. The lowest BCUT2D eigenvalue weighted by Crippen LogP contribution is -2.35. The average Bonchev–Trinajstić information content (AvgIpc) is 2.76. The lowest BCUT2D eigenvalue weighted by molar-refractivity contribution is -0.141. The van der Waals surface area contributed by atoms with Gasteiger partial charge in [-0.3, -0.25) is 14.5 Å². The van der Waals surface area contributed by atoms with Gasteiger partial charge in [-0.2, -0.15) is 0 Å². The third kappa shape index (κ3) is 2.25. The van der Waals surface area contributed by atoms with Crippen molar-refractivity contribution in [1.82, 2.24) is 10.2 Å². The number of rotatable bonds is 3. The molecule has 2 heterocycles. The van der Waals surface area contributed by atoms with Gasteiger partial charge in [0.2, 0.25) is 0 Å². The second-order valence-electron chi connectivity index (χ2n) is 3.34. The summed E-state index contributed by atoms with van der Waals surface area (Å²) >= 11 is 6.90. The zero-order chi connectivity index (χ0) is 12.6. The van der Waals surface area contributed by atoms with Gasteiger partial charge < -0.3 is 10.4 Å². The number of aliphatic carboxylic acids is 1. The number of nitrogens with zero attached hydrogens (tertiary/aromatic N) is 1. The van der Waals surface area contributed by atoms with Gasteiger partial charge in [-0.15, -0.1) is 11.3 Å². The normalized spacial score (nSPS) is 19.6. The molecular formula is C9H7ClN2O4S. The monoisotopic (exact) mass is 274 g/mol. The summed E-state index contributed by atoms with van der Waals surface area (Å²) in [6.07, 6.45) is 0. The van der Waals surface area contributed by atoms with Gasteiger partial charge in [-0.1, -0.05) is 11.6 Å². The molecule has 6 nitrogen and oxygen atoms in total. The van der Waals surface area contributed by atoms with Crippen molar-refractivity contribution >= 4 is 40.8 Å². The molecule has 2 rings (SSSR count). The number of halogens is 1. The number of carboxylic acid groups (broad SMARTS) is 1. The molecule has 8 heteroatoms. The number of carbonyl (C=O) groups excluding carboxylic acids is 2. The minimum absolute atomic E-state index is 0.499. The van der Waals surface area contributed by atoms with E-state index in [1.54, 1.807) is 12.1 Å². The van der Waals surface area contributed by atoms with E-state index < -0.39 is 30.5 Å². The number of imide groups is 1. The Morgan fingerprint density at radius 2 is 2.24 bits per heavy atom. The van der Waals surface area contributed by atoms with Gasteiger partial charge in [0.25, 0.3) is 5.91 Å². The summed E-state index contributed by atoms with van der Waals surface area (Å²) in [7, 11) is 0. The summed E-state index contributed by atoms with van der Waals surface area (Å²) in [6.45, 7) is -0.639. The summed E-state index contributed by atoms with van der Waals surface area (Å²) < 4.78 is 0.499. The van der Waals surface area contributed by atoms with Crippen LogP contribution in [0.4, 0.5) is 4.79 Å². The quantitative estimate of drug-likeness (QED) is 0.808. The van der Waals surface area contributed by atoms with Crippen LogP contribution in [-0.2, 0) is 9.59 Å². The van der Waals surface area contributed by atoms with E-state index in [9.17, 15) is 14.4 Å². The van der Waals surface area contributed by atoms with Gasteiger partial charge in [0.05, 0.1) is 4.34 Å². The first kappa shape index (κ1) is 11.9. The van der Waals surface area contributed by atoms with Crippen molar-refractivity contribution in [3.05, 3.63) is 21.3 Å². The van der Waals surface area contributed by atoms with Crippen LogP contribution in [0.15, 0.2) is 12.1 Å². The van der Waals surface area contributed by atoms with Crippen LogP contribution in [0, 0.1) is 0 Å². The standard InChI is InChI=1S/C9H7ClN2O4S/c10-5-2-1-4(17-5)7-8(15)12(3-6(13)14)9(16)11-7/h1-2,7H,3H2,(H,11,16)(H,13,14). The number of nitrogens with one attached hydrogen (secondary N) is 1. The second kappa shape index (κ2) is 4.34. The van der Waals surface area contributed by atoms with Crippen LogP contribution >= 0.6 is 22.9 Å². The van der Waals surface area contributed by atoms with Crippen LogP contribution in [0.3, 0.4) is 0 Å². The Bertz CT molecular complexity index is 501. The first-order valence-corrected chi connectivity index (χ1v) is 5.77. The Morgan fingerprint density at radius 3 is 2.76 bits per heavy atom. The Morgan fingerprint density at radius 1 is 1.53 bits per heavy atom. The van der Waals surface area contributed by atoms with Crippen molar-refractivity contribution in [2.24, 2.45) is 0 Å². The van der Waals surface area contributed by atoms with Crippen molar-refractivity contribution in [3.63, 3.8) is 0 Å². The molecule has 1 aliphatic heterocycles. The van der Waals surface area contributed by atoms with Crippen LogP contribution in [0.5, 0.6) is 0 Å². The highest BCUT2D eigenvalue weighted by atomic mass is 35.5. The predicted molar refractivity (Wildman–Crippen MR) is 60.0 cm³/mol. The van der Waals surface area contributed by atoms with Gasteiger partial charge in [0.15, 0.2) is 0 Å². The zero-order valence-electron chi connectivity index (χ0n) is 8.34. The molecule has 1 aliphatic rings. The third-order valence-electron chi connectivity index (χ3n) is 2.20. The molecule has 0 bridgehead atoms. The van der Waals surface area contributed by atoms with Crippen LogP contribution < -0.4 is 5.32 Å². The molecule has 0 aromatic carbocycles. The fourth-order valence-electron chi connectivity index (χ4n) is 1.48. The first-order chi connectivity index (χ1) is 7.99. The van der Waals surface area contributed by atoms with Crippen molar-refractivity contribution in [3.8, 4) is 0 Å². The first-order valence-electron chi connectivity index (χ1n) is 4.58. The maximum atomic E-state index is 11.8. The molecule has 0 aliphatic carbocycles. The van der Waals surface area contributed by atoms with Gasteiger partial charge in [0, 0.05) is 4.88 Å². The number of amides is 3. The molecular weight excluding hydrogens is 268 g/mol. The number of hydrogen-bond donors (Lipinski definition) is 2. The minimum Gasteiger partial charge on any atom is -0.480 e. The van der Waals surface area contributed by atoms with E-state index in [-0.39, 0.29) is 0 Å². The SMILES string of the molecule is O=C(O)CN1C(=O)NC(c2ccc(Cl)s2)C1=O. The molecule has 1 atom stereocenters. The van der Waals surface area contributed by atoms with Crippen molar-refractivity contribution in [2.45, 2.75) is 6.04 Å². The third-order valence-corrected chi connectivity index (χ3v) is 3.49. The maximum absolute atomic E-state index is 11.8. The minimum atomic E-state index is -1.24. The molecule has 1 aromatic rings. The number of thiophene rings is 1. The van der Waals surface area contributed by atoms with E-state index in [2.05, 4.69) is 5.32 Å². The zero-order valence-corrected chi connectivity index (χ0v) is 9.92. The summed E-state index contributed by atoms with van der Waals surface area (Å²) in [5.74, 6) is -1.81. The summed E-state index contributed by atoms with van der Waals surface area (Å²) in [6, 6.07) is 1.70. The Hall–Kier alpha value is -1.60. The van der Waals surface area contributed by atoms with E-state index in [0.717, 1.165) is 0 Å². The molecule has 0 saturated carbocycles. The van der Waals surface area contributed by atoms with Crippen LogP contribution in [0.25, 0.3) is 0 Å². The number of hydrogen-bond acceptors (Lipinski definition) is 4. The lowest BCUT2D eigenvalue weighted by Gasteiger charge is -2.08. The number of carbonyl (C=O) groups is 3. The van der Waals surface area contributed by atoms with E-state index in [0.29, 0.717) is 14.1 Å². The van der Waals surface area contributed by atoms with Crippen molar-refractivity contribution in [2.75, 3.05) is 6.54 Å². The van der Waals surface area contributed by atoms with Crippen LogP contribution in [-0.4, -0.2) is 34.5 Å². The Kier molecular flexibility index (Phi) is 3.03. The van der Waals surface area contributed by atoms with E-state index in [1.807, 2.05) is 0 Å². The largest absolute Gasteiger partial charge is 0.480 e. The van der Waals surface area contributed by atoms with E-state index in [4.69, 9.17) is 16.7 Å². The van der Waals surface area contributed by atoms with E-state index >= 15 is 0 Å². The second-order valence-corrected chi connectivity index (χ2v) is 5.09. The Balaban J connectivity index is 2.21. The van der Waals surface area contributed by atoms with Crippen molar-refractivity contribution < 1.29 is 19.5 Å². The molecule has 1 fully saturated rings. The topological polar surface area (TPSA) is 86.7 Å². The average molecular weight is 275 g/mol. The fraction of sp³-hybridized carbons (Fsp3) is 0.222. The van der Waals surface area contributed by atoms with Crippen molar-refractivity contribution in [1.29, 1.82) is 0 Å². The number of carboxylic acids is 1. The van der Waals surface area contributed by atoms with Crippen LogP contribution in [0.2, 0.25) is 4.34 Å². The molecule has 0 spiro atoms. The molecule has 3 amide bonds. The van der Waals surface area contributed by atoms with Gasteiger partial charge >= 0.3 is 12.0 Å². The van der Waals surface area contributed by atoms with Gasteiger partial charge in [0.1, 0.15) is 12.6 Å². The molecule has 1 aromatic heterocycles.